The van der Waals surface area contributed by atoms with E-state index in [4.69, 9.17) is 4.42 Å². The molecule has 0 spiro atoms. The Morgan fingerprint density at radius 1 is 0.971 bits per heavy atom. The zero-order valence-electron chi connectivity index (χ0n) is 19.9. The van der Waals surface area contributed by atoms with Gasteiger partial charge in [-0.05, 0) is 73.6 Å². The van der Waals surface area contributed by atoms with Crippen LogP contribution in [0.4, 0.5) is 11.4 Å². The summed E-state index contributed by atoms with van der Waals surface area (Å²) in [7, 11) is 0. The van der Waals surface area contributed by atoms with Crippen LogP contribution in [0.5, 0.6) is 0 Å². The van der Waals surface area contributed by atoms with Gasteiger partial charge in [0.05, 0.1) is 12.3 Å². The summed E-state index contributed by atoms with van der Waals surface area (Å²) in [4.78, 5) is 30.2. The lowest BCUT2D eigenvalue weighted by molar-refractivity contribution is -0.117. The van der Waals surface area contributed by atoms with E-state index in [0.29, 0.717) is 18.1 Å². The number of hydrogen-bond acceptors (Lipinski definition) is 3. The van der Waals surface area contributed by atoms with E-state index >= 15 is 0 Å². The van der Waals surface area contributed by atoms with Crippen molar-refractivity contribution in [2.45, 2.75) is 70.4 Å². The van der Waals surface area contributed by atoms with Crippen molar-refractivity contribution < 1.29 is 14.0 Å². The molecule has 0 radical (unpaired) electrons. The van der Waals surface area contributed by atoms with Crippen molar-refractivity contribution in [3.05, 3.63) is 83.8 Å². The first-order valence-electron chi connectivity index (χ1n) is 12.4. The zero-order valence-corrected chi connectivity index (χ0v) is 19.9. The maximum Gasteiger partial charge on any atom is 0.294 e. The van der Waals surface area contributed by atoms with Gasteiger partial charge < -0.3 is 14.2 Å². The van der Waals surface area contributed by atoms with Crippen LogP contribution in [0.25, 0.3) is 0 Å². The molecule has 2 aromatic carbocycles. The number of furan rings is 1. The molecule has 0 bridgehead atoms. The summed E-state index contributed by atoms with van der Waals surface area (Å²) >= 11 is 0. The van der Waals surface area contributed by atoms with E-state index in [-0.39, 0.29) is 23.9 Å². The minimum Gasteiger partial charge on any atom is -0.459 e. The van der Waals surface area contributed by atoms with Crippen LogP contribution in [-0.2, 0) is 4.79 Å². The van der Waals surface area contributed by atoms with Crippen LogP contribution in [0.3, 0.4) is 0 Å². The molecule has 1 aromatic heterocycles. The fraction of sp³-hybridized carbons (Fsp3) is 0.379. The summed E-state index contributed by atoms with van der Waals surface area (Å²) in [6.45, 7) is 3.68. The van der Waals surface area contributed by atoms with Gasteiger partial charge in [-0.25, -0.2) is 0 Å². The molecule has 2 atom stereocenters. The topological polar surface area (TPSA) is 53.8 Å². The van der Waals surface area contributed by atoms with Crippen LogP contribution < -0.4 is 9.80 Å². The average Bonchev–Trinajstić information content (AvgIpc) is 3.40. The predicted molar refractivity (Wildman–Crippen MR) is 134 cm³/mol. The van der Waals surface area contributed by atoms with Crippen LogP contribution in [0, 0.1) is 0 Å². The van der Waals surface area contributed by atoms with E-state index in [1.807, 2.05) is 40.1 Å². The molecule has 1 aliphatic carbocycles. The van der Waals surface area contributed by atoms with Gasteiger partial charge in [-0.15, -0.1) is 0 Å². The van der Waals surface area contributed by atoms with Gasteiger partial charge in [0.25, 0.3) is 5.91 Å². The minimum absolute atomic E-state index is 0.00299. The van der Waals surface area contributed by atoms with Crippen molar-refractivity contribution in [3.63, 3.8) is 0 Å². The molecular weight excluding hydrogens is 424 g/mol. The fourth-order valence-electron chi connectivity index (χ4n) is 5.78. The molecule has 0 N–H and O–H groups in total. The van der Waals surface area contributed by atoms with E-state index in [1.165, 1.54) is 43.9 Å². The molecule has 1 fully saturated rings. The standard InChI is InChI=1S/C29H32N2O3/c1-20-18-27(31(21(2)32)24-12-7-4-8-13-24)25-19-23(22-10-5-3-6-11-22)15-16-26(25)30(20)29(33)28-14-9-17-34-28/h4,7-9,12-17,19-20,22,27H,3,5-6,10-11,18H2,1-2H3. The minimum atomic E-state index is -0.144. The molecule has 5 nitrogen and oxygen atoms in total. The number of rotatable bonds is 4. The van der Waals surface area contributed by atoms with Gasteiger partial charge in [-0.1, -0.05) is 49.6 Å². The molecule has 2 heterocycles. The van der Waals surface area contributed by atoms with Gasteiger partial charge in [0.15, 0.2) is 5.76 Å². The average molecular weight is 457 g/mol. The molecule has 2 unspecified atom stereocenters. The van der Waals surface area contributed by atoms with Crippen LogP contribution in [0.1, 0.15) is 86.0 Å². The monoisotopic (exact) mass is 456 g/mol. The predicted octanol–water partition coefficient (Wildman–Crippen LogP) is 6.86. The second kappa shape index (κ2) is 9.49. The Bertz CT molecular complexity index is 1150. The lowest BCUT2D eigenvalue weighted by Gasteiger charge is -2.43. The zero-order chi connectivity index (χ0) is 23.7. The number of anilines is 2. The van der Waals surface area contributed by atoms with E-state index in [1.54, 1.807) is 19.1 Å². The molecule has 5 rings (SSSR count). The Hall–Kier alpha value is -3.34. The number of nitrogens with zero attached hydrogens (tertiary/aromatic N) is 2. The van der Waals surface area contributed by atoms with Crippen molar-refractivity contribution in [1.82, 2.24) is 0 Å². The second-order valence-corrected chi connectivity index (χ2v) is 9.63. The first-order valence-corrected chi connectivity index (χ1v) is 12.4. The molecule has 3 aromatic rings. The summed E-state index contributed by atoms with van der Waals surface area (Å²) < 4.78 is 5.46. The van der Waals surface area contributed by atoms with E-state index in [0.717, 1.165) is 16.9 Å². The Kier molecular flexibility index (Phi) is 6.27. The molecule has 2 amide bonds. The third-order valence-electron chi connectivity index (χ3n) is 7.39. The van der Waals surface area contributed by atoms with Gasteiger partial charge in [-0.3, -0.25) is 9.59 Å². The van der Waals surface area contributed by atoms with Gasteiger partial charge in [0.1, 0.15) is 0 Å². The summed E-state index contributed by atoms with van der Waals surface area (Å²) in [6.07, 6.45) is 8.41. The number of carbonyl (C=O) groups is 2. The van der Waals surface area contributed by atoms with Crippen LogP contribution in [-0.4, -0.2) is 17.9 Å². The molecule has 1 saturated carbocycles. The van der Waals surface area contributed by atoms with E-state index in [9.17, 15) is 9.59 Å². The number of benzene rings is 2. The highest BCUT2D eigenvalue weighted by Crippen LogP contribution is 2.45. The second-order valence-electron chi connectivity index (χ2n) is 9.63. The smallest absolute Gasteiger partial charge is 0.294 e. The van der Waals surface area contributed by atoms with E-state index in [2.05, 4.69) is 25.1 Å². The highest BCUT2D eigenvalue weighted by atomic mass is 16.3. The van der Waals surface area contributed by atoms with Crippen molar-refractivity contribution >= 4 is 23.2 Å². The number of fused-ring (bicyclic) bond motifs is 1. The van der Waals surface area contributed by atoms with Crippen molar-refractivity contribution in [3.8, 4) is 0 Å². The Morgan fingerprint density at radius 3 is 2.41 bits per heavy atom. The maximum atomic E-state index is 13.5. The molecule has 34 heavy (non-hydrogen) atoms. The highest BCUT2D eigenvalue weighted by molar-refractivity contribution is 6.06. The number of para-hydroxylation sites is 1. The number of amides is 2. The first kappa shape index (κ1) is 22.5. The normalized spacial score (nSPS) is 20.6. The fourth-order valence-corrected chi connectivity index (χ4v) is 5.78. The molecule has 5 heteroatoms. The van der Waals surface area contributed by atoms with Crippen molar-refractivity contribution in [1.29, 1.82) is 0 Å². The lowest BCUT2D eigenvalue weighted by atomic mass is 9.81. The quantitative estimate of drug-likeness (QED) is 0.431. The van der Waals surface area contributed by atoms with Crippen LogP contribution in [0.15, 0.2) is 71.3 Å². The summed E-state index contributed by atoms with van der Waals surface area (Å²) in [5.74, 6) is 0.731. The number of carbonyl (C=O) groups excluding carboxylic acids is 2. The molecule has 2 aliphatic rings. The highest BCUT2D eigenvalue weighted by Gasteiger charge is 2.39. The summed E-state index contributed by atoms with van der Waals surface area (Å²) in [5, 5.41) is 0. The number of hydrogen-bond donors (Lipinski definition) is 0. The summed E-state index contributed by atoms with van der Waals surface area (Å²) in [6, 6.07) is 19.6. The van der Waals surface area contributed by atoms with Gasteiger partial charge in [0.2, 0.25) is 5.91 Å². The maximum absolute atomic E-state index is 13.5. The van der Waals surface area contributed by atoms with Gasteiger partial charge in [-0.2, -0.15) is 0 Å². The summed E-state index contributed by atoms with van der Waals surface area (Å²) in [5.41, 5.74) is 4.11. The van der Waals surface area contributed by atoms with Crippen LogP contribution in [0.2, 0.25) is 0 Å². The Balaban J connectivity index is 1.62. The third-order valence-corrected chi connectivity index (χ3v) is 7.39. The molecule has 176 valence electrons. The van der Waals surface area contributed by atoms with Crippen molar-refractivity contribution in [2.75, 3.05) is 9.80 Å². The Morgan fingerprint density at radius 2 is 1.74 bits per heavy atom. The first-order chi connectivity index (χ1) is 16.5. The molecular formula is C29H32N2O3. The Labute approximate surface area is 201 Å². The SMILES string of the molecule is CC(=O)N(c1ccccc1)C1CC(C)N(C(=O)c2ccco2)c2ccc(C3CCCCC3)cc21. The van der Waals surface area contributed by atoms with Crippen molar-refractivity contribution in [2.24, 2.45) is 0 Å². The lowest BCUT2D eigenvalue weighted by Crippen LogP contribution is -2.47. The molecule has 1 aliphatic heterocycles. The van der Waals surface area contributed by atoms with Gasteiger partial charge in [0, 0.05) is 24.3 Å². The largest absolute Gasteiger partial charge is 0.459 e. The van der Waals surface area contributed by atoms with E-state index < -0.39 is 0 Å². The van der Waals surface area contributed by atoms with Crippen LogP contribution >= 0.6 is 0 Å². The third kappa shape index (κ3) is 4.15. The van der Waals surface area contributed by atoms with Gasteiger partial charge >= 0.3 is 0 Å². The molecule has 0 saturated heterocycles.